The Morgan fingerprint density at radius 3 is 2.56 bits per heavy atom. The lowest BCUT2D eigenvalue weighted by Gasteiger charge is -2.44. The first kappa shape index (κ1) is 14.3. The standard InChI is InChI=1S/C15H31N3/c1-11-8-12(2)15(14(16)9-11)18(4)10-13-6-5-7-17(13)3/h11-15H,5-10,16H2,1-4H3. The lowest BCUT2D eigenvalue weighted by atomic mass is 9.76. The van der Waals surface area contributed by atoms with Gasteiger partial charge in [0.15, 0.2) is 0 Å². The van der Waals surface area contributed by atoms with Crippen LogP contribution in [0.25, 0.3) is 0 Å². The molecule has 1 aliphatic heterocycles. The smallest absolute Gasteiger partial charge is 0.0270 e. The molecule has 0 radical (unpaired) electrons. The Bertz CT molecular complexity index is 256. The number of hydrogen-bond donors (Lipinski definition) is 1. The minimum Gasteiger partial charge on any atom is -0.326 e. The molecule has 1 saturated carbocycles. The van der Waals surface area contributed by atoms with Gasteiger partial charge in [0.2, 0.25) is 0 Å². The van der Waals surface area contributed by atoms with E-state index in [-0.39, 0.29) is 0 Å². The number of likely N-dealkylation sites (tertiary alicyclic amines) is 1. The molecule has 2 N–H and O–H groups in total. The zero-order chi connectivity index (χ0) is 13.3. The van der Waals surface area contributed by atoms with Crippen LogP contribution in [0.2, 0.25) is 0 Å². The molecule has 18 heavy (non-hydrogen) atoms. The van der Waals surface area contributed by atoms with Crippen LogP contribution in [0.3, 0.4) is 0 Å². The average molecular weight is 253 g/mol. The van der Waals surface area contributed by atoms with Gasteiger partial charge in [-0.05, 0) is 58.2 Å². The number of nitrogens with zero attached hydrogens (tertiary/aromatic N) is 2. The Morgan fingerprint density at radius 2 is 2.00 bits per heavy atom. The Labute approximate surface area is 113 Å². The molecular formula is C15H31N3. The number of rotatable bonds is 3. The van der Waals surface area contributed by atoms with Gasteiger partial charge in [-0.3, -0.25) is 0 Å². The second kappa shape index (κ2) is 5.89. The quantitative estimate of drug-likeness (QED) is 0.832. The molecule has 5 unspecified atom stereocenters. The molecule has 2 fully saturated rings. The van der Waals surface area contributed by atoms with Gasteiger partial charge in [0.25, 0.3) is 0 Å². The topological polar surface area (TPSA) is 32.5 Å². The molecular weight excluding hydrogens is 222 g/mol. The number of hydrogen-bond acceptors (Lipinski definition) is 3. The third-order valence-electron chi connectivity index (χ3n) is 5.15. The fraction of sp³-hybridized carbons (Fsp3) is 1.00. The van der Waals surface area contributed by atoms with Gasteiger partial charge in [-0.15, -0.1) is 0 Å². The summed E-state index contributed by atoms with van der Waals surface area (Å²) >= 11 is 0. The highest BCUT2D eigenvalue weighted by molar-refractivity contribution is 4.93. The molecule has 2 aliphatic rings. The normalized spacial score (nSPS) is 42.7. The second-order valence-corrected chi connectivity index (χ2v) is 6.92. The molecule has 0 aromatic carbocycles. The predicted octanol–water partition coefficient (Wildman–Crippen LogP) is 1.77. The van der Waals surface area contributed by atoms with E-state index in [4.69, 9.17) is 5.73 Å². The third kappa shape index (κ3) is 3.06. The van der Waals surface area contributed by atoms with E-state index in [1.165, 1.54) is 38.8 Å². The summed E-state index contributed by atoms with van der Waals surface area (Å²) in [5.41, 5.74) is 6.41. The maximum atomic E-state index is 6.41. The molecule has 0 aromatic heterocycles. The summed E-state index contributed by atoms with van der Waals surface area (Å²) in [4.78, 5) is 5.06. The van der Waals surface area contributed by atoms with E-state index in [9.17, 15) is 0 Å². The van der Waals surface area contributed by atoms with E-state index >= 15 is 0 Å². The summed E-state index contributed by atoms with van der Waals surface area (Å²) in [6, 6.07) is 1.68. The first-order valence-electron chi connectivity index (χ1n) is 7.65. The molecule has 0 bridgehead atoms. The Morgan fingerprint density at radius 1 is 1.28 bits per heavy atom. The molecule has 1 heterocycles. The second-order valence-electron chi connectivity index (χ2n) is 6.92. The lowest BCUT2D eigenvalue weighted by Crippen LogP contribution is -2.55. The van der Waals surface area contributed by atoms with Gasteiger partial charge < -0.3 is 15.5 Å². The summed E-state index contributed by atoms with van der Waals surface area (Å²) in [7, 11) is 4.54. The van der Waals surface area contributed by atoms with Crippen molar-refractivity contribution in [1.29, 1.82) is 0 Å². The maximum Gasteiger partial charge on any atom is 0.0270 e. The zero-order valence-corrected chi connectivity index (χ0v) is 12.6. The highest BCUT2D eigenvalue weighted by Crippen LogP contribution is 2.31. The van der Waals surface area contributed by atoms with Crippen LogP contribution in [0, 0.1) is 11.8 Å². The fourth-order valence-electron chi connectivity index (χ4n) is 4.32. The fourth-order valence-corrected chi connectivity index (χ4v) is 4.32. The zero-order valence-electron chi connectivity index (χ0n) is 12.6. The number of nitrogens with two attached hydrogens (primary N) is 1. The van der Waals surface area contributed by atoms with Gasteiger partial charge in [0, 0.05) is 24.7 Å². The van der Waals surface area contributed by atoms with Gasteiger partial charge in [-0.2, -0.15) is 0 Å². The summed E-state index contributed by atoms with van der Waals surface area (Å²) in [6.45, 7) is 7.18. The van der Waals surface area contributed by atoms with Crippen molar-refractivity contribution in [1.82, 2.24) is 9.80 Å². The average Bonchev–Trinajstić information content (AvgIpc) is 2.62. The van der Waals surface area contributed by atoms with Crippen LogP contribution in [0.4, 0.5) is 0 Å². The summed E-state index contributed by atoms with van der Waals surface area (Å²) in [5, 5.41) is 0. The molecule has 3 nitrogen and oxygen atoms in total. The van der Waals surface area contributed by atoms with Crippen LogP contribution < -0.4 is 5.73 Å². The molecule has 2 rings (SSSR count). The van der Waals surface area contributed by atoms with Crippen molar-refractivity contribution in [3.63, 3.8) is 0 Å². The SMILES string of the molecule is CC1CC(C)C(N(C)CC2CCCN2C)C(N)C1. The Hall–Kier alpha value is -0.120. The maximum absolute atomic E-state index is 6.41. The van der Waals surface area contributed by atoms with Crippen molar-refractivity contribution >= 4 is 0 Å². The molecule has 106 valence electrons. The summed E-state index contributed by atoms with van der Waals surface area (Å²) < 4.78 is 0. The molecule has 5 atom stereocenters. The summed E-state index contributed by atoms with van der Waals surface area (Å²) in [6.07, 6.45) is 5.25. The summed E-state index contributed by atoms with van der Waals surface area (Å²) in [5.74, 6) is 1.54. The van der Waals surface area contributed by atoms with E-state index in [1.807, 2.05) is 0 Å². The van der Waals surface area contributed by atoms with Crippen LogP contribution in [-0.4, -0.2) is 55.1 Å². The molecule has 3 heteroatoms. The van der Waals surface area contributed by atoms with Crippen LogP contribution in [0.5, 0.6) is 0 Å². The van der Waals surface area contributed by atoms with Crippen LogP contribution in [-0.2, 0) is 0 Å². The van der Waals surface area contributed by atoms with Gasteiger partial charge >= 0.3 is 0 Å². The van der Waals surface area contributed by atoms with E-state index in [0.717, 1.165) is 17.9 Å². The van der Waals surface area contributed by atoms with Crippen LogP contribution >= 0.6 is 0 Å². The third-order valence-corrected chi connectivity index (χ3v) is 5.15. The van der Waals surface area contributed by atoms with Crippen molar-refractivity contribution in [2.24, 2.45) is 17.6 Å². The largest absolute Gasteiger partial charge is 0.326 e. The van der Waals surface area contributed by atoms with E-state index in [0.29, 0.717) is 12.1 Å². The minimum absolute atomic E-state index is 0.362. The van der Waals surface area contributed by atoms with Crippen LogP contribution in [0.15, 0.2) is 0 Å². The van der Waals surface area contributed by atoms with Crippen molar-refractivity contribution in [3.05, 3.63) is 0 Å². The highest BCUT2D eigenvalue weighted by atomic mass is 15.2. The first-order chi connectivity index (χ1) is 8.49. The van der Waals surface area contributed by atoms with E-state index < -0.39 is 0 Å². The Balaban J connectivity index is 1.92. The van der Waals surface area contributed by atoms with Crippen molar-refractivity contribution in [2.45, 2.75) is 57.7 Å². The molecule has 0 aromatic rings. The van der Waals surface area contributed by atoms with Gasteiger partial charge in [-0.1, -0.05) is 13.8 Å². The van der Waals surface area contributed by atoms with E-state index in [2.05, 4.69) is 37.7 Å². The van der Waals surface area contributed by atoms with E-state index in [1.54, 1.807) is 0 Å². The molecule has 1 aliphatic carbocycles. The predicted molar refractivity (Wildman–Crippen MR) is 77.6 cm³/mol. The van der Waals surface area contributed by atoms with Gasteiger partial charge in [-0.25, -0.2) is 0 Å². The van der Waals surface area contributed by atoms with Crippen molar-refractivity contribution in [2.75, 3.05) is 27.2 Å². The lowest BCUT2D eigenvalue weighted by molar-refractivity contribution is 0.0782. The molecule has 1 saturated heterocycles. The Kier molecular flexibility index (Phi) is 4.68. The minimum atomic E-state index is 0.362. The highest BCUT2D eigenvalue weighted by Gasteiger charge is 2.35. The number of likely N-dealkylation sites (N-methyl/N-ethyl adjacent to an activating group) is 2. The van der Waals surface area contributed by atoms with Crippen molar-refractivity contribution in [3.8, 4) is 0 Å². The van der Waals surface area contributed by atoms with Gasteiger partial charge in [0.1, 0.15) is 0 Å². The molecule has 0 spiro atoms. The van der Waals surface area contributed by atoms with Crippen molar-refractivity contribution < 1.29 is 0 Å². The van der Waals surface area contributed by atoms with Gasteiger partial charge in [0.05, 0.1) is 0 Å². The molecule has 0 amide bonds. The monoisotopic (exact) mass is 253 g/mol. The first-order valence-corrected chi connectivity index (χ1v) is 7.65. The van der Waals surface area contributed by atoms with Crippen LogP contribution in [0.1, 0.15) is 39.5 Å².